The molecule has 1 N–H and O–H groups in total. The summed E-state index contributed by atoms with van der Waals surface area (Å²) in [7, 11) is 1.61. The quantitative estimate of drug-likeness (QED) is 0.858. The van der Waals surface area contributed by atoms with E-state index in [9.17, 15) is 14.0 Å². The smallest absolute Gasteiger partial charge is 0.254 e. The fourth-order valence-corrected chi connectivity index (χ4v) is 3.16. The topological polar surface area (TPSA) is 61.9 Å². The van der Waals surface area contributed by atoms with Crippen LogP contribution < -0.4 is 5.32 Å². The highest BCUT2D eigenvalue weighted by atomic mass is 19.1. The van der Waals surface area contributed by atoms with Gasteiger partial charge < -0.3 is 15.0 Å². The molecule has 3 rings (SSSR count). The third-order valence-electron chi connectivity index (χ3n) is 4.42. The number of hydrogen-bond donors (Lipinski definition) is 1. The van der Waals surface area contributed by atoms with Crippen LogP contribution in [0, 0.1) is 5.82 Å². The number of morpholine rings is 1. The molecule has 23 heavy (non-hydrogen) atoms. The van der Waals surface area contributed by atoms with E-state index in [4.69, 9.17) is 4.74 Å². The van der Waals surface area contributed by atoms with Crippen LogP contribution in [0.4, 0.5) is 4.39 Å². The number of nitrogens with zero attached hydrogens (tertiary/aromatic N) is 2. The van der Waals surface area contributed by atoms with Gasteiger partial charge in [-0.15, -0.1) is 0 Å². The van der Waals surface area contributed by atoms with Gasteiger partial charge in [-0.05, 0) is 24.3 Å². The van der Waals surface area contributed by atoms with Gasteiger partial charge in [0.05, 0.1) is 25.3 Å². The number of hydrogen-bond acceptors (Lipinski definition) is 4. The Kier molecular flexibility index (Phi) is 4.58. The monoisotopic (exact) mass is 321 g/mol. The molecule has 124 valence electrons. The van der Waals surface area contributed by atoms with E-state index in [0.29, 0.717) is 38.3 Å². The summed E-state index contributed by atoms with van der Waals surface area (Å²) in [5, 5.41) is 2.62. The van der Waals surface area contributed by atoms with E-state index in [1.807, 2.05) is 0 Å². The Bertz CT molecular complexity index is 593. The Morgan fingerprint density at radius 3 is 2.74 bits per heavy atom. The minimum absolute atomic E-state index is 0.0189. The SMILES string of the molecule is CNC(=O)CN1CCO[C@@H]2CN(C(=O)c3ccc(F)cc3)C[C@@H]21. The van der Waals surface area contributed by atoms with Gasteiger partial charge in [-0.1, -0.05) is 0 Å². The number of likely N-dealkylation sites (tertiary alicyclic amines) is 1. The van der Waals surface area contributed by atoms with Crippen molar-refractivity contribution in [2.75, 3.05) is 39.8 Å². The molecule has 2 atom stereocenters. The van der Waals surface area contributed by atoms with Crippen molar-refractivity contribution in [3.63, 3.8) is 0 Å². The van der Waals surface area contributed by atoms with E-state index in [-0.39, 0.29) is 29.8 Å². The molecule has 0 saturated carbocycles. The molecular weight excluding hydrogens is 301 g/mol. The molecule has 0 aliphatic carbocycles. The molecule has 0 spiro atoms. The maximum atomic E-state index is 13.0. The van der Waals surface area contributed by atoms with Gasteiger partial charge in [0.2, 0.25) is 5.91 Å². The van der Waals surface area contributed by atoms with E-state index in [1.165, 1.54) is 24.3 Å². The van der Waals surface area contributed by atoms with E-state index in [0.717, 1.165) is 0 Å². The third kappa shape index (κ3) is 3.35. The minimum Gasteiger partial charge on any atom is -0.373 e. The van der Waals surface area contributed by atoms with Gasteiger partial charge in [0.15, 0.2) is 0 Å². The highest BCUT2D eigenvalue weighted by Gasteiger charge is 2.42. The van der Waals surface area contributed by atoms with E-state index in [2.05, 4.69) is 10.2 Å². The predicted octanol–water partition coefficient (Wildman–Crippen LogP) is 0.0969. The molecule has 1 aromatic rings. The number of carbonyl (C=O) groups is 2. The standard InChI is InChI=1S/C16H20FN3O3/c1-18-15(21)10-19-6-7-23-14-9-20(8-13(14)19)16(22)11-2-4-12(17)5-3-11/h2-5,13-14H,6-10H2,1H3,(H,18,21)/t13-,14+/m0/s1. The van der Waals surface area contributed by atoms with Crippen molar-refractivity contribution < 1.29 is 18.7 Å². The second kappa shape index (κ2) is 6.64. The summed E-state index contributed by atoms with van der Waals surface area (Å²) in [5.41, 5.74) is 0.461. The lowest BCUT2D eigenvalue weighted by Gasteiger charge is -2.35. The normalized spacial score (nSPS) is 24.3. The Morgan fingerprint density at radius 1 is 1.30 bits per heavy atom. The number of likely N-dealkylation sites (N-methyl/N-ethyl adjacent to an activating group) is 1. The maximum absolute atomic E-state index is 13.0. The summed E-state index contributed by atoms with van der Waals surface area (Å²) in [6.45, 7) is 2.53. The Hall–Kier alpha value is -1.99. The molecule has 0 bridgehead atoms. The van der Waals surface area contributed by atoms with Gasteiger partial charge >= 0.3 is 0 Å². The predicted molar refractivity (Wildman–Crippen MR) is 81.5 cm³/mol. The first-order chi connectivity index (χ1) is 11.1. The van der Waals surface area contributed by atoms with Crippen molar-refractivity contribution in [2.45, 2.75) is 12.1 Å². The number of amides is 2. The van der Waals surface area contributed by atoms with Crippen molar-refractivity contribution in [3.05, 3.63) is 35.6 Å². The maximum Gasteiger partial charge on any atom is 0.254 e. The summed E-state index contributed by atoms with van der Waals surface area (Å²) >= 11 is 0. The van der Waals surface area contributed by atoms with Crippen LogP contribution in [0.2, 0.25) is 0 Å². The van der Waals surface area contributed by atoms with E-state index < -0.39 is 0 Å². The summed E-state index contributed by atoms with van der Waals surface area (Å²) in [4.78, 5) is 27.9. The van der Waals surface area contributed by atoms with Gasteiger partial charge in [0, 0.05) is 32.2 Å². The number of fused-ring (bicyclic) bond motifs is 1. The molecule has 0 unspecified atom stereocenters. The van der Waals surface area contributed by atoms with Crippen molar-refractivity contribution in [3.8, 4) is 0 Å². The van der Waals surface area contributed by atoms with E-state index >= 15 is 0 Å². The fourth-order valence-electron chi connectivity index (χ4n) is 3.16. The summed E-state index contributed by atoms with van der Waals surface area (Å²) < 4.78 is 18.7. The summed E-state index contributed by atoms with van der Waals surface area (Å²) in [5.74, 6) is -0.548. The number of ether oxygens (including phenoxy) is 1. The van der Waals surface area contributed by atoms with Crippen LogP contribution in [0.25, 0.3) is 0 Å². The number of rotatable bonds is 3. The number of benzene rings is 1. The summed E-state index contributed by atoms with van der Waals surface area (Å²) in [6.07, 6.45) is -0.0854. The number of carbonyl (C=O) groups excluding carboxylic acids is 2. The second-order valence-corrected chi connectivity index (χ2v) is 5.84. The fraction of sp³-hybridized carbons (Fsp3) is 0.500. The lowest BCUT2D eigenvalue weighted by molar-refractivity contribution is -0.125. The molecule has 2 amide bonds. The van der Waals surface area contributed by atoms with Gasteiger partial charge in [-0.2, -0.15) is 0 Å². The second-order valence-electron chi connectivity index (χ2n) is 5.84. The van der Waals surface area contributed by atoms with Crippen LogP contribution in [0.1, 0.15) is 10.4 Å². The first kappa shape index (κ1) is 15.9. The molecule has 0 aromatic heterocycles. The zero-order valence-electron chi connectivity index (χ0n) is 13.0. The van der Waals surface area contributed by atoms with Crippen LogP contribution in [-0.4, -0.2) is 73.6 Å². The lowest BCUT2D eigenvalue weighted by atomic mass is 10.1. The Labute approximate surface area is 134 Å². The molecule has 2 saturated heterocycles. The van der Waals surface area contributed by atoms with Crippen molar-refractivity contribution in [1.82, 2.24) is 15.1 Å². The average molecular weight is 321 g/mol. The number of halogens is 1. The molecule has 2 aliphatic heterocycles. The summed E-state index contributed by atoms with van der Waals surface area (Å²) in [6, 6.07) is 5.56. The van der Waals surface area contributed by atoms with Crippen molar-refractivity contribution >= 4 is 11.8 Å². The van der Waals surface area contributed by atoms with Crippen LogP contribution in [0.5, 0.6) is 0 Å². The van der Waals surface area contributed by atoms with Crippen LogP contribution in [0.3, 0.4) is 0 Å². The molecule has 2 aliphatic rings. The minimum atomic E-state index is -0.364. The first-order valence-electron chi connectivity index (χ1n) is 7.69. The Morgan fingerprint density at radius 2 is 2.04 bits per heavy atom. The van der Waals surface area contributed by atoms with Crippen molar-refractivity contribution in [1.29, 1.82) is 0 Å². The first-order valence-corrected chi connectivity index (χ1v) is 7.69. The number of nitrogens with one attached hydrogen (secondary N) is 1. The van der Waals surface area contributed by atoms with Crippen LogP contribution in [0.15, 0.2) is 24.3 Å². The van der Waals surface area contributed by atoms with Crippen molar-refractivity contribution in [2.24, 2.45) is 0 Å². The van der Waals surface area contributed by atoms with Gasteiger partial charge in [0.1, 0.15) is 5.82 Å². The average Bonchev–Trinajstić information content (AvgIpc) is 3.00. The third-order valence-corrected chi connectivity index (χ3v) is 4.42. The molecule has 2 fully saturated rings. The van der Waals surface area contributed by atoms with Gasteiger partial charge in [-0.3, -0.25) is 14.5 Å². The van der Waals surface area contributed by atoms with Crippen LogP contribution in [-0.2, 0) is 9.53 Å². The van der Waals surface area contributed by atoms with Gasteiger partial charge in [-0.25, -0.2) is 4.39 Å². The Balaban J connectivity index is 1.69. The zero-order chi connectivity index (χ0) is 16.4. The molecule has 6 nitrogen and oxygen atoms in total. The van der Waals surface area contributed by atoms with Crippen LogP contribution >= 0.6 is 0 Å². The molecule has 0 radical (unpaired) electrons. The lowest BCUT2D eigenvalue weighted by Crippen LogP contribution is -2.53. The molecule has 7 heteroatoms. The van der Waals surface area contributed by atoms with Gasteiger partial charge in [0.25, 0.3) is 5.91 Å². The highest BCUT2D eigenvalue weighted by molar-refractivity contribution is 5.94. The largest absolute Gasteiger partial charge is 0.373 e. The van der Waals surface area contributed by atoms with E-state index in [1.54, 1.807) is 11.9 Å². The molecule has 1 aromatic carbocycles. The molecule has 2 heterocycles. The zero-order valence-corrected chi connectivity index (χ0v) is 13.0. The molecular formula is C16H20FN3O3. The highest BCUT2D eigenvalue weighted by Crippen LogP contribution is 2.24.